The first-order valence-corrected chi connectivity index (χ1v) is 12.2. The molecule has 140 valence electrons. The van der Waals surface area contributed by atoms with Crippen LogP contribution < -0.4 is 0 Å². The number of carbonyl (C=O) groups excluding carboxylic acids is 1. The summed E-state index contributed by atoms with van der Waals surface area (Å²) < 4.78 is 21.3. The Bertz CT molecular complexity index is 376. The Labute approximate surface area is 148 Å². The van der Waals surface area contributed by atoms with Crippen molar-refractivity contribution in [1.29, 1.82) is 0 Å². The summed E-state index contributed by atoms with van der Waals surface area (Å²) in [5.74, 6) is -0.361. The van der Waals surface area contributed by atoms with E-state index in [2.05, 4.69) is 26.2 Å². The van der Waals surface area contributed by atoms with E-state index in [-0.39, 0.29) is 24.8 Å². The zero-order valence-corrected chi connectivity index (χ0v) is 16.9. The lowest BCUT2D eigenvalue weighted by Crippen LogP contribution is -2.22. The van der Waals surface area contributed by atoms with Gasteiger partial charge < -0.3 is 18.9 Å². The zero-order chi connectivity index (χ0) is 18.4. The van der Waals surface area contributed by atoms with Gasteiger partial charge in [0.1, 0.15) is 13.4 Å². The average molecular weight is 359 g/mol. The summed E-state index contributed by atoms with van der Waals surface area (Å²) in [5, 5.41) is 0. The first kappa shape index (κ1) is 23.0. The van der Waals surface area contributed by atoms with Crippen LogP contribution in [0, 0.1) is 0 Å². The van der Waals surface area contributed by atoms with Crippen molar-refractivity contribution in [2.75, 3.05) is 26.6 Å². The van der Waals surface area contributed by atoms with Gasteiger partial charge in [0.15, 0.2) is 0 Å². The normalized spacial score (nSPS) is 14.5. The Morgan fingerprint density at radius 2 is 1.96 bits per heavy atom. The molecule has 24 heavy (non-hydrogen) atoms. The molecule has 0 radical (unpaired) electrons. The fraction of sp³-hybridized carbons (Fsp3) is 0.722. The van der Waals surface area contributed by atoms with Gasteiger partial charge in [-0.25, -0.2) is 4.79 Å². The number of hydrogen-bond acceptors (Lipinski definition) is 5. The first-order valence-electron chi connectivity index (χ1n) is 8.54. The third-order valence-electron chi connectivity index (χ3n) is 3.17. The van der Waals surface area contributed by atoms with Crippen LogP contribution in [0.4, 0.5) is 0 Å². The van der Waals surface area contributed by atoms with Gasteiger partial charge in [0.05, 0.1) is 18.8 Å². The number of rotatable bonds is 14. The quantitative estimate of drug-likeness (QED) is 0.155. The van der Waals surface area contributed by atoms with Crippen LogP contribution >= 0.6 is 0 Å². The van der Waals surface area contributed by atoms with Gasteiger partial charge in [0.2, 0.25) is 0 Å². The van der Waals surface area contributed by atoms with Gasteiger partial charge in [-0.1, -0.05) is 37.9 Å². The summed E-state index contributed by atoms with van der Waals surface area (Å²) in [5.41, 5.74) is 0. The predicted octanol–water partition coefficient (Wildman–Crippen LogP) is 3.78. The van der Waals surface area contributed by atoms with Crippen molar-refractivity contribution in [1.82, 2.24) is 0 Å². The van der Waals surface area contributed by atoms with Crippen molar-refractivity contribution in [3.63, 3.8) is 0 Å². The molecule has 0 aromatic carbocycles. The van der Waals surface area contributed by atoms with E-state index in [0.717, 1.165) is 12.7 Å². The summed E-state index contributed by atoms with van der Waals surface area (Å²) >= 11 is 0. The summed E-state index contributed by atoms with van der Waals surface area (Å²) in [6.07, 6.45) is 5.97. The number of carbonyl (C=O) groups is 1. The SMILES string of the molecule is C=C[C@H](C/C=C\[C@@H](C)OCOCC[Si](C)(C)C)OCC(=O)OCC. The lowest BCUT2D eigenvalue weighted by molar-refractivity contribution is -0.149. The number of ether oxygens (including phenoxy) is 4. The van der Waals surface area contributed by atoms with E-state index < -0.39 is 8.07 Å². The maximum Gasteiger partial charge on any atom is 0.332 e. The molecule has 0 saturated carbocycles. The first-order chi connectivity index (χ1) is 11.3. The maximum atomic E-state index is 11.2. The van der Waals surface area contributed by atoms with Crippen molar-refractivity contribution in [3.8, 4) is 0 Å². The van der Waals surface area contributed by atoms with Crippen LogP contribution in [-0.4, -0.2) is 52.9 Å². The molecule has 0 rings (SSSR count). The second-order valence-electron chi connectivity index (χ2n) is 6.76. The van der Waals surface area contributed by atoms with E-state index in [9.17, 15) is 4.79 Å². The highest BCUT2D eigenvalue weighted by Gasteiger charge is 2.12. The molecule has 0 fully saturated rings. The van der Waals surface area contributed by atoms with E-state index in [4.69, 9.17) is 18.9 Å². The third kappa shape index (κ3) is 14.6. The summed E-state index contributed by atoms with van der Waals surface area (Å²) in [6.45, 7) is 15.8. The van der Waals surface area contributed by atoms with Gasteiger partial charge in [0, 0.05) is 14.7 Å². The minimum Gasteiger partial charge on any atom is -0.464 e. The molecular weight excluding hydrogens is 324 g/mol. The van der Waals surface area contributed by atoms with Crippen LogP contribution in [0.25, 0.3) is 0 Å². The molecule has 0 aliphatic carbocycles. The van der Waals surface area contributed by atoms with Crippen LogP contribution in [0.5, 0.6) is 0 Å². The number of esters is 1. The molecule has 0 saturated heterocycles. The van der Waals surface area contributed by atoms with Gasteiger partial charge in [-0.05, 0) is 26.3 Å². The number of hydrogen-bond donors (Lipinski definition) is 0. The largest absolute Gasteiger partial charge is 0.464 e. The molecule has 0 aliphatic rings. The van der Waals surface area contributed by atoms with E-state index in [1.807, 2.05) is 19.1 Å². The van der Waals surface area contributed by atoms with Crippen LogP contribution in [0.15, 0.2) is 24.8 Å². The Balaban J connectivity index is 3.85. The molecule has 0 spiro atoms. The van der Waals surface area contributed by atoms with Crippen LogP contribution in [-0.2, 0) is 23.7 Å². The highest BCUT2D eigenvalue weighted by atomic mass is 28.3. The van der Waals surface area contributed by atoms with Crippen LogP contribution in [0.1, 0.15) is 20.3 Å². The topological polar surface area (TPSA) is 54.0 Å². The predicted molar refractivity (Wildman–Crippen MR) is 99.8 cm³/mol. The smallest absolute Gasteiger partial charge is 0.332 e. The van der Waals surface area contributed by atoms with E-state index in [1.54, 1.807) is 13.0 Å². The highest BCUT2D eigenvalue weighted by Crippen LogP contribution is 2.08. The van der Waals surface area contributed by atoms with Crippen molar-refractivity contribution in [2.24, 2.45) is 0 Å². The van der Waals surface area contributed by atoms with E-state index in [1.165, 1.54) is 0 Å². The second kappa shape index (κ2) is 13.4. The zero-order valence-electron chi connectivity index (χ0n) is 15.9. The highest BCUT2D eigenvalue weighted by molar-refractivity contribution is 6.76. The molecule has 0 amide bonds. The molecule has 6 heteroatoms. The van der Waals surface area contributed by atoms with Crippen molar-refractivity contribution in [2.45, 2.75) is 58.2 Å². The lowest BCUT2D eigenvalue weighted by atomic mass is 10.2. The van der Waals surface area contributed by atoms with Gasteiger partial charge in [-0.15, -0.1) is 6.58 Å². The Kier molecular flexibility index (Phi) is 12.8. The van der Waals surface area contributed by atoms with E-state index in [0.29, 0.717) is 19.8 Å². The van der Waals surface area contributed by atoms with Crippen molar-refractivity contribution >= 4 is 14.0 Å². The molecule has 0 heterocycles. The van der Waals surface area contributed by atoms with Crippen LogP contribution in [0.3, 0.4) is 0 Å². The molecule has 0 unspecified atom stereocenters. The van der Waals surface area contributed by atoms with Gasteiger partial charge in [0.25, 0.3) is 0 Å². The van der Waals surface area contributed by atoms with Crippen molar-refractivity contribution in [3.05, 3.63) is 24.8 Å². The lowest BCUT2D eigenvalue weighted by Gasteiger charge is -2.16. The van der Waals surface area contributed by atoms with Gasteiger partial charge in [-0.2, -0.15) is 0 Å². The molecule has 5 nitrogen and oxygen atoms in total. The fourth-order valence-electron chi connectivity index (χ4n) is 1.66. The monoisotopic (exact) mass is 358 g/mol. The minimum atomic E-state index is -1.04. The molecule has 0 aromatic heterocycles. The Morgan fingerprint density at radius 3 is 2.54 bits per heavy atom. The molecule has 0 aromatic rings. The van der Waals surface area contributed by atoms with Gasteiger partial charge >= 0.3 is 5.97 Å². The Hall–Kier alpha value is -0.953. The van der Waals surface area contributed by atoms with E-state index >= 15 is 0 Å². The molecule has 0 N–H and O–H groups in total. The molecule has 0 bridgehead atoms. The Morgan fingerprint density at radius 1 is 1.25 bits per heavy atom. The third-order valence-corrected chi connectivity index (χ3v) is 4.87. The van der Waals surface area contributed by atoms with Gasteiger partial charge in [-0.3, -0.25) is 0 Å². The standard InChI is InChI=1S/C18H34O5Si/c1-7-17(22-14-18(19)21-8-2)11-9-10-16(3)23-15-20-12-13-24(4,5)6/h7,9-10,16-17H,1,8,11-15H2,2-6H3/b10-9-/t16-,17-/m1/s1. The van der Waals surface area contributed by atoms with Crippen molar-refractivity contribution < 1.29 is 23.7 Å². The fourth-order valence-corrected chi connectivity index (χ4v) is 2.42. The minimum absolute atomic E-state index is 0.0348. The average Bonchev–Trinajstić information content (AvgIpc) is 2.49. The van der Waals surface area contributed by atoms with Crippen LogP contribution in [0.2, 0.25) is 25.7 Å². The molecule has 0 aliphatic heterocycles. The summed E-state index contributed by atoms with van der Waals surface area (Å²) in [4.78, 5) is 11.2. The second-order valence-corrected chi connectivity index (χ2v) is 12.4. The maximum absolute atomic E-state index is 11.2. The molecule has 2 atom stereocenters. The molecular formula is C18H34O5Si. The summed E-state index contributed by atoms with van der Waals surface area (Å²) in [7, 11) is -1.04. The summed E-state index contributed by atoms with van der Waals surface area (Å²) in [6, 6.07) is 1.14.